The van der Waals surface area contributed by atoms with Crippen LogP contribution in [-0.2, 0) is 6.42 Å². The first-order valence-electron chi connectivity index (χ1n) is 9.60. The minimum Gasteiger partial charge on any atom is -0.388 e. The molecule has 1 aromatic carbocycles. The third kappa shape index (κ3) is 6.07. The molecule has 0 saturated heterocycles. The maximum Gasteiger partial charge on any atom is 0.191 e. The molecule has 5 nitrogen and oxygen atoms in total. The number of aliphatic hydroxyl groups is 1. The summed E-state index contributed by atoms with van der Waals surface area (Å²) in [5, 5.41) is 18.1. The van der Waals surface area contributed by atoms with Gasteiger partial charge in [-0.3, -0.25) is 4.99 Å². The minimum atomic E-state index is -0.658. The van der Waals surface area contributed by atoms with E-state index in [1.54, 1.807) is 12.1 Å². The number of fused-ring (bicyclic) bond motifs is 1. The van der Waals surface area contributed by atoms with Gasteiger partial charge in [0.2, 0.25) is 0 Å². The molecule has 0 atom stereocenters. The van der Waals surface area contributed by atoms with Crippen molar-refractivity contribution in [3.05, 3.63) is 35.8 Å². The molecule has 0 unspecified atom stereocenters. The van der Waals surface area contributed by atoms with Gasteiger partial charge in [-0.1, -0.05) is 19.3 Å². The monoisotopic (exact) mass is 488 g/mol. The van der Waals surface area contributed by atoms with Crippen LogP contribution < -0.4 is 10.6 Å². The van der Waals surface area contributed by atoms with E-state index >= 15 is 0 Å². The summed E-state index contributed by atoms with van der Waals surface area (Å²) in [4.78, 5) is 7.76. The Kier molecular flexibility index (Phi) is 8.34. The van der Waals surface area contributed by atoms with Crippen molar-refractivity contribution < 1.29 is 9.50 Å². The van der Waals surface area contributed by atoms with E-state index in [2.05, 4.69) is 20.6 Å². The summed E-state index contributed by atoms with van der Waals surface area (Å²) in [6.07, 6.45) is 7.71. The van der Waals surface area contributed by atoms with Gasteiger partial charge in [0, 0.05) is 30.2 Å². The van der Waals surface area contributed by atoms with Crippen LogP contribution in [0, 0.1) is 5.82 Å². The Bertz CT molecular complexity index is 756. The molecule has 3 rings (SSSR count). The van der Waals surface area contributed by atoms with Gasteiger partial charge in [0.25, 0.3) is 0 Å². The van der Waals surface area contributed by atoms with Crippen molar-refractivity contribution in [2.45, 2.75) is 51.0 Å². The summed E-state index contributed by atoms with van der Waals surface area (Å²) in [7, 11) is 0. The second-order valence-corrected chi connectivity index (χ2v) is 7.16. The lowest BCUT2D eigenvalue weighted by Gasteiger charge is -2.30. The molecule has 7 heteroatoms. The molecule has 4 N–H and O–H groups in total. The minimum absolute atomic E-state index is 0. The molecule has 0 spiro atoms. The molecule has 27 heavy (non-hydrogen) atoms. The number of hydrogen-bond acceptors (Lipinski definition) is 2. The van der Waals surface area contributed by atoms with Crippen LogP contribution in [-0.4, -0.2) is 41.3 Å². The Morgan fingerprint density at radius 2 is 2.04 bits per heavy atom. The van der Waals surface area contributed by atoms with E-state index in [-0.39, 0.29) is 29.8 Å². The molecule has 1 aliphatic carbocycles. The Balaban J connectivity index is 0.00000261. The van der Waals surface area contributed by atoms with Gasteiger partial charge in [-0.05, 0) is 49.9 Å². The summed E-state index contributed by atoms with van der Waals surface area (Å²) in [5.74, 6) is 0.499. The van der Waals surface area contributed by atoms with Crippen LogP contribution in [0.25, 0.3) is 10.9 Å². The smallest absolute Gasteiger partial charge is 0.191 e. The zero-order valence-electron chi connectivity index (χ0n) is 15.9. The highest BCUT2D eigenvalue weighted by atomic mass is 127. The number of nitrogens with zero attached hydrogens (tertiary/aromatic N) is 1. The van der Waals surface area contributed by atoms with E-state index in [4.69, 9.17) is 0 Å². The van der Waals surface area contributed by atoms with Crippen molar-refractivity contribution in [3.63, 3.8) is 0 Å². The molecule has 0 amide bonds. The number of benzene rings is 1. The first kappa shape index (κ1) is 21.9. The average molecular weight is 488 g/mol. The van der Waals surface area contributed by atoms with Gasteiger partial charge in [0.1, 0.15) is 5.82 Å². The predicted octanol–water partition coefficient (Wildman–Crippen LogP) is 3.72. The van der Waals surface area contributed by atoms with E-state index in [1.165, 1.54) is 12.5 Å². The highest BCUT2D eigenvalue weighted by molar-refractivity contribution is 14.0. The van der Waals surface area contributed by atoms with Gasteiger partial charge in [-0.25, -0.2) is 4.39 Å². The van der Waals surface area contributed by atoms with E-state index in [0.29, 0.717) is 13.1 Å². The fraction of sp³-hybridized carbons (Fsp3) is 0.550. The standard InChI is InChI=1S/C20H29FN4O.HI/c1-2-22-19(25-14-20(26)9-4-3-5-10-20)23-11-8-15-13-24-18-7-6-16(21)12-17(15)18;/h6-7,12-13,24,26H,2-5,8-11,14H2,1H3,(H2,22,23,25);1H. The molecule has 1 aliphatic rings. The maximum atomic E-state index is 13.5. The van der Waals surface area contributed by atoms with Crippen LogP contribution in [0.3, 0.4) is 0 Å². The predicted molar refractivity (Wildman–Crippen MR) is 119 cm³/mol. The van der Waals surface area contributed by atoms with E-state index < -0.39 is 5.60 Å². The Labute approximate surface area is 177 Å². The van der Waals surface area contributed by atoms with Crippen LogP contribution in [0.5, 0.6) is 0 Å². The fourth-order valence-corrected chi connectivity index (χ4v) is 3.61. The summed E-state index contributed by atoms with van der Waals surface area (Å²) < 4.78 is 13.5. The Hall–Kier alpha value is -1.35. The number of guanidine groups is 1. The number of aromatic amines is 1. The molecule has 1 saturated carbocycles. The van der Waals surface area contributed by atoms with Crippen LogP contribution in [0.15, 0.2) is 29.4 Å². The Morgan fingerprint density at radius 3 is 2.78 bits per heavy atom. The number of nitrogens with one attached hydrogen (secondary N) is 3. The molecule has 1 fully saturated rings. The average Bonchev–Trinajstić information content (AvgIpc) is 3.02. The van der Waals surface area contributed by atoms with E-state index in [9.17, 15) is 9.50 Å². The molecular formula is C20H30FIN4O. The lowest BCUT2D eigenvalue weighted by Crippen LogP contribution is -2.41. The summed E-state index contributed by atoms with van der Waals surface area (Å²) in [6, 6.07) is 4.80. The fourth-order valence-electron chi connectivity index (χ4n) is 3.61. The van der Waals surface area contributed by atoms with Crippen molar-refractivity contribution in [2.75, 3.05) is 19.6 Å². The molecule has 0 aliphatic heterocycles. The van der Waals surface area contributed by atoms with Gasteiger partial charge in [0.15, 0.2) is 5.96 Å². The van der Waals surface area contributed by atoms with Crippen molar-refractivity contribution in [1.82, 2.24) is 15.6 Å². The lowest BCUT2D eigenvalue weighted by atomic mass is 9.85. The molecular weight excluding hydrogens is 458 g/mol. The first-order valence-corrected chi connectivity index (χ1v) is 9.60. The van der Waals surface area contributed by atoms with Gasteiger partial charge in [0.05, 0.1) is 12.1 Å². The number of halogens is 2. The van der Waals surface area contributed by atoms with Crippen LogP contribution in [0.4, 0.5) is 4.39 Å². The number of rotatable bonds is 6. The van der Waals surface area contributed by atoms with Crippen molar-refractivity contribution in [3.8, 4) is 0 Å². The highest BCUT2D eigenvalue weighted by Crippen LogP contribution is 2.28. The van der Waals surface area contributed by atoms with Crippen LogP contribution in [0.2, 0.25) is 0 Å². The van der Waals surface area contributed by atoms with Gasteiger partial charge >= 0.3 is 0 Å². The lowest BCUT2D eigenvalue weighted by molar-refractivity contribution is 0.0131. The van der Waals surface area contributed by atoms with Crippen LogP contribution in [0.1, 0.15) is 44.6 Å². The Morgan fingerprint density at radius 1 is 1.26 bits per heavy atom. The summed E-state index contributed by atoms with van der Waals surface area (Å²) in [5.41, 5.74) is 1.37. The highest BCUT2D eigenvalue weighted by Gasteiger charge is 2.28. The number of aliphatic imine (C=N–C) groups is 1. The third-order valence-electron chi connectivity index (χ3n) is 5.08. The van der Waals surface area contributed by atoms with Crippen molar-refractivity contribution in [1.29, 1.82) is 0 Å². The maximum absolute atomic E-state index is 13.5. The normalized spacial score (nSPS) is 16.8. The summed E-state index contributed by atoms with van der Waals surface area (Å²) >= 11 is 0. The molecule has 2 aromatic rings. The zero-order chi connectivity index (χ0) is 18.4. The second-order valence-electron chi connectivity index (χ2n) is 7.16. The quantitative estimate of drug-likeness (QED) is 0.285. The van der Waals surface area contributed by atoms with Crippen molar-refractivity contribution >= 4 is 40.8 Å². The topological polar surface area (TPSA) is 72.4 Å². The molecule has 1 heterocycles. The largest absolute Gasteiger partial charge is 0.388 e. The molecule has 0 radical (unpaired) electrons. The molecule has 1 aromatic heterocycles. The van der Waals surface area contributed by atoms with Crippen molar-refractivity contribution in [2.24, 2.45) is 4.99 Å². The van der Waals surface area contributed by atoms with Gasteiger partial charge in [-0.2, -0.15) is 0 Å². The first-order chi connectivity index (χ1) is 12.6. The SMILES string of the molecule is CCNC(=NCC1(O)CCCCC1)NCCc1c[nH]c2ccc(F)cc12.I. The van der Waals surface area contributed by atoms with Crippen LogP contribution >= 0.6 is 24.0 Å². The second kappa shape index (κ2) is 10.3. The van der Waals surface area contributed by atoms with E-state index in [0.717, 1.165) is 61.1 Å². The molecule has 150 valence electrons. The number of H-pyrrole nitrogens is 1. The van der Waals surface area contributed by atoms with Gasteiger partial charge in [-0.15, -0.1) is 24.0 Å². The third-order valence-corrected chi connectivity index (χ3v) is 5.08. The number of hydrogen-bond donors (Lipinski definition) is 4. The van der Waals surface area contributed by atoms with E-state index in [1.807, 2.05) is 13.1 Å². The zero-order valence-corrected chi connectivity index (χ0v) is 18.2. The van der Waals surface area contributed by atoms with Gasteiger partial charge < -0.3 is 20.7 Å². The molecule has 0 bridgehead atoms. The summed E-state index contributed by atoms with van der Waals surface area (Å²) in [6.45, 7) is 3.91. The number of aromatic nitrogens is 1.